The standard InChI is InChI=1S/C9H5F2N3O2/c10-6-1-2-8(14(15)16)9(3-6)13-5-7(11)4-12-13/h1-5H. The number of benzene rings is 1. The van der Waals surface area contributed by atoms with E-state index in [0.29, 0.717) is 0 Å². The van der Waals surface area contributed by atoms with Crippen molar-refractivity contribution in [2.45, 2.75) is 0 Å². The molecule has 2 rings (SSSR count). The van der Waals surface area contributed by atoms with Gasteiger partial charge in [-0.1, -0.05) is 0 Å². The second kappa shape index (κ2) is 3.69. The van der Waals surface area contributed by atoms with Crippen molar-refractivity contribution in [1.82, 2.24) is 9.78 Å². The molecule has 0 atom stereocenters. The number of hydrogen-bond donors (Lipinski definition) is 0. The summed E-state index contributed by atoms with van der Waals surface area (Å²) in [5, 5.41) is 14.2. The first-order valence-corrected chi connectivity index (χ1v) is 4.22. The molecular formula is C9H5F2N3O2. The Kier molecular flexibility index (Phi) is 2.35. The summed E-state index contributed by atoms with van der Waals surface area (Å²) in [5.74, 6) is -1.31. The van der Waals surface area contributed by atoms with Crippen LogP contribution in [0.5, 0.6) is 0 Å². The number of rotatable bonds is 2. The monoisotopic (exact) mass is 225 g/mol. The van der Waals surface area contributed by atoms with Crippen molar-refractivity contribution in [2.24, 2.45) is 0 Å². The Labute approximate surface area is 88.1 Å². The van der Waals surface area contributed by atoms with Gasteiger partial charge in [-0.3, -0.25) is 10.1 Å². The van der Waals surface area contributed by atoms with E-state index in [2.05, 4.69) is 5.10 Å². The van der Waals surface area contributed by atoms with Gasteiger partial charge in [0, 0.05) is 12.1 Å². The molecule has 0 aliphatic rings. The number of aromatic nitrogens is 2. The van der Waals surface area contributed by atoms with Crippen molar-refractivity contribution in [2.75, 3.05) is 0 Å². The van der Waals surface area contributed by atoms with Crippen molar-refractivity contribution in [3.63, 3.8) is 0 Å². The summed E-state index contributed by atoms with van der Waals surface area (Å²) < 4.78 is 26.6. The lowest BCUT2D eigenvalue weighted by Gasteiger charge is -2.02. The van der Waals surface area contributed by atoms with Gasteiger partial charge in [0.15, 0.2) is 5.82 Å². The molecule has 0 bridgehead atoms. The Hall–Kier alpha value is -2.31. The van der Waals surface area contributed by atoms with Crippen LogP contribution in [-0.4, -0.2) is 14.7 Å². The molecule has 1 aromatic carbocycles. The molecule has 0 aliphatic heterocycles. The van der Waals surface area contributed by atoms with Crippen LogP contribution in [0.1, 0.15) is 0 Å². The SMILES string of the molecule is O=[N+]([O-])c1ccc(F)cc1-n1cc(F)cn1. The molecule has 7 heteroatoms. The lowest BCUT2D eigenvalue weighted by Crippen LogP contribution is -2.01. The van der Waals surface area contributed by atoms with Gasteiger partial charge in [0.1, 0.15) is 11.5 Å². The average molecular weight is 225 g/mol. The highest BCUT2D eigenvalue weighted by atomic mass is 19.1. The molecule has 0 N–H and O–H groups in total. The molecule has 0 unspecified atom stereocenters. The molecule has 16 heavy (non-hydrogen) atoms. The lowest BCUT2D eigenvalue weighted by molar-refractivity contribution is -0.384. The highest BCUT2D eigenvalue weighted by Crippen LogP contribution is 2.23. The van der Waals surface area contributed by atoms with Crippen LogP contribution in [0.25, 0.3) is 5.69 Å². The maximum absolute atomic E-state index is 12.9. The molecule has 0 saturated heterocycles. The Morgan fingerprint density at radius 3 is 2.62 bits per heavy atom. The first-order valence-electron chi connectivity index (χ1n) is 4.22. The Morgan fingerprint density at radius 1 is 1.31 bits per heavy atom. The summed E-state index contributed by atoms with van der Waals surface area (Å²) in [6.45, 7) is 0. The van der Waals surface area contributed by atoms with Gasteiger partial charge in [-0.2, -0.15) is 5.10 Å². The fourth-order valence-electron chi connectivity index (χ4n) is 1.27. The fourth-order valence-corrected chi connectivity index (χ4v) is 1.27. The molecule has 2 aromatic rings. The van der Waals surface area contributed by atoms with Crippen LogP contribution >= 0.6 is 0 Å². The molecule has 1 aromatic heterocycles. The van der Waals surface area contributed by atoms with E-state index in [4.69, 9.17) is 0 Å². The molecule has 0 fully saturated rings. The number of nitro benzene ring substituents is 1. The molecule has 5 nitrogen and oxygen atoms in total. The average Bonchev–Trinajstić information content (AvgIpc) is 2.64. The highest BCUT2D eigenvalue weighted by Gasteiger charge is 2.16. The van der Waals surface area contributed by atoms with Crippen molar-refractivity contribution >= 4 is 5.69 Å². The third-order valence-corrected chi connectivity index (χ3v) is 1.93. The van der Waals surface area contributed by atoms with E-state index >= 15 is 0 Å². The van der Waals surface area contributed by atoms with E-state index in [0.717, 1.165) is 35.3 Å². The zero-order valence-electron chi connectivity index (χ0n) is 7.80. The summed E-state index contributed by atoms with van der Waals surface area (Å²) in [4.78, 5) is 9.98. The van der Waals surface area contributed by atoms with E-state index in [1.807, 2.05) is 0 Å². The number of hydrogen-bond acceptors (Lipinski definition) is 3. The quantitative estimate of drug-likeness (QED) is 0.580. The summed E-state index contributed by atoms with van der Waals surface area (Å²) >= 11 is 0. The lowest BCUT2D eigenvalue weighted by atomic mass is 10.2. The van der Waals surface area contributed by atoms with Gasteiger partial charge in [0.05, 0.1) is 17.3 Å². The molecule has 0 spiro atoms. The first-order chi connectivity index (χ1) is 7.58. The van der Waals surface area contributed by atoms with E-state index in [-0.39, 0.29) is 11.4 Å². The maximum atomic E-state index is 12.9. The summed E-state index contributed by atoms with van der Waals surface area (Å²) in [5.41, 5.74) is -0.460. The van der Waals surface area contributed by atoms with Crippen LogP contribution in [0, 0.1) is 21.7 Å². The van der Waals surface area contributed by atoms with Gasteiger partial charge < -0.3 is 0 Å². The molecule has 0 amide bonds. The van der Waals surface area contributed by atoms with Crippen LogP contribution in [0.3, 0.4) is 0 Å². The third-order valence-electron chi connectivity index (χ3n) is 1.93. The Morgan fingerprint density at radius 2 is 2.06 bits per heavy atom. The molecule has 0 radical (unpaired) electrons. The van der Waals surface area contributed by atoms with Crippen LogP contribution in [-0.2, 0) is 0 Å². The van der Waals surface area contributed by atoms with E-state index in [9.17, 15) is 18.9 Å². The smallest absolute Gasteiger partial charge is 0.258 e. The van der Waals surface area contributed by atoms with Crippen molar-refractivity contribution in [3.05, 3.63) is 52.3 Å². The van der Waals surface area contributed by atoms with Gasteiger partial charge in [-0.05, 0) is 6.07 Å². The highest BCUT2D eigenvalue weighted by molar-refractivity contribution is 5.51. The summed E-state index contributed by atoms with van der Waals surface area (Å²) in [6.07, 6.45) is 1.82. The minimum Gasteiger partial charge on any atom is -0.258 e. The number of halogens is 2. The van der Waals surface area contributed by atoms with Crippen molar-refractivity contribution in [3.8, 4) is 5.69 Å². The number of nitro groups is 1. The van der Waals surface area contributed by atoms with Crippen LogP contribution in [0.2, 0.25) is 0 Å². The molecule has 0 saturated carbocycles. The third kappa shape index (κ3) is 1.74. The minimum absolute atomic E-state index is 0.117. The zero-order chi connectivity index (χ0) is 11.7. The van der Waals surface area contributed by atoms with Crippen molar-refractivity contribution in [1.29, 1.82) is 0 Å². The van der Waals surface area contributed by atoms with Crippen molar-refractivity contribution < 1.29 is 13.7 Å². The molecule has 82 valence electrons. The van der Waals surface area contributed by atoms with E-state index in [1.165, 1.54) is 0 Å². The van der Waals surface area contributed by atoms with E-state index in [1.54, 1.807) is 0 Å². The Balaban J connectivity index is 2.62. The first kappa shape index (κ1) is 10.2. The summed E-state index contributed by atoms with van der Waals surface area (Å²) in [6, 6.07) is 2.89. The van der Waals surface area contributed by atoms with Gasteiger partial charge in [0.25, 0.3) is 5.69 Å². The maximum Gasteiger partial charge on any atom is 0.295 e. The molecular weight excluding hydrogens is 220 g/mol. The normalized spacial score (nSPS) is 10.4. The van der Waals surface area contributed by atoms with Gasteiger partial charge in [0.2, 0.25) is 0 Å². The topological polar surface area (TPSA) is 61.0 Å². The van der Waals surface area contributed by atoms with Gasteiger partial charge in [-0.25, -0.2) is 13.5 Å². The zero-order valence-corrected chi connectivity index (χ0v) is 7.80. The van der Waals surface area contributed by atoms with Crippen LogP contribution in [0.15, 0.2) is 30.6 Å². The summed E-state index contributed by atoms with van der Waals surface area (Å²) in [7, 11) is 0. The minimum atomic E-state index is -0.686. The largest absolute Gasteiger partial charge is 0.295 e. The van der Waals surface area contributed by atoms with Crippen LogP contribution in [0.4, 0.5) is 14.5 Å². The molecule has 1 heterocycles. The van der Waals surface area contributed by atoms with Crippen LogP contribution < -0.4 is 0 Å². The predicted octanol–water partition coefficient (Wildman–Crippen LogP) is 2.06. The second-order valence-electron chi connectivity index (χ2n) is 2.99. The fraction of sp³-hybridized carbons (Fsp3) is 0. The number of nitrogens with zero attached hydrogens (tertiary/aromatic N) is 3. The van der Waals surface area contributed by atoms with Gasteiger partial charge in [-0.15, -0.1) is 0 Å². The molecule has 0 aliphatic carbocycles. The van der Waals surface area contributed by atoms with E-state index < -0.39 is 16.6 Å². The second-order valence-corrected chi connectivity index (χ2v) is 2.99. The van der Waals surface area contributed by atoms with Gasteiger partial charge >= 0.3 is 0 Å². The predicted molar refractivity (Wildman–Crippen MR) is 50.1 cm³/mol. The Bertz CT molecular complexity index is 553.